The summed E-state index contributed by atoms with van der Waals surface area (Å²) in [4.78, 5) is 6.79. The number of aliphatic hydroxyl groups excluding tert-OH is 1. The van der Waals surface area contributed by atoms with Gasteiger partial charge in [-0.1, -0.05) is 13.8 Å². The lowest BCUT2D eigenvalue weighted by Crippen LogP contribution is -2.27. The Bertz CT molecular complexity index is 479. The number of anilines is 1. The molecule has 2 heterocycles. The standard InChI is InChI=1S/C15H21N3O/c1-11(2)14-6-5-12(10-16)15(17-14)18-8-3-4-13(19)7-9-18/h5-6,11,13,19H,3-4,7-9H2,1-2H3. The second kappa shape index (κ2) is 6.03. The van der Waals surface area contributed by atoms with E-state index in [1.165, 1.54) is 0 Å². The minimum Gasteiger partial charge on any atom is -0.393 e. The van der Waals surface area contributed by atoms with Gasteiger partial charge in [-0.3, -0.25) is 0 Å². The Morgan fingerprint density at radius 1 is 1.37 bits per heavy atom. The molecule has 1 aliphatic rings. The molecule has 1 fully saturated rings. The van der Waals surface area contributed by atoms with E-state index in [-0.39, 0.29) is 6.10 Å². The summed E-state index contributed by atoms with van der Waals surface area (Å²) in [5.74, 6) is 1.13. The van der Waals surface area contributed by atoms with Crippen LogP contribution in [0.5, 0.6) is 0 Å². The van der Waals surface area contributed by atoms with Gasteiger partial charge in [-0.05, 0) is 37.3 Å². The maximum atomic E-state index is 9.71. The predicted octanol–water partition coefficient (Wildman–Crippen LogP) is 2.43. The molecule has 0 aromatic carbocycles. The van der Waals surface area contributed by atoms with Crippen LogP contribution in [0.2, 0.25) is 0 Å². The van der Waals surface area contributed by atoms with Crippen molar-refractivity contribution in [1.82, 2.24) is 4.98 Å². The van der Waals surface area contributed by atoms with Gasteiger partial charge in [0.25, 0.3) is 0 Å². The first-order chi connectivity index (χ1) is 9.11. The Morgan fingerprint density at radius 3 is 2.84 bits per heavy atom. The third kappa shape index (κ3) is 3.24. The van der Waals surface area contributed by atoms with Crippen molar-refractivity contribution >= 4 is 5.82 Å². The fraction of sp³-hybridized carbons (Fsp3) is 0.600. The average molecular weight is 259 g/mol. The van der Waals surface area contributed by atoms with Gasteiger partial charge in [-0.2, -0.15) is 5.26 Å². The van der Waals surface area contributed by atoms with E-state index in [4.69, 9.17) is 0 Å². The Labute approximate surface area is 114 Å². The van der Waals surface area contributed by atoms with Gasteiger partial charge in [0.15, 0.2) is 0 Å². The van der Waals surface area contributed by atoms with Gasteiger partial charge in [0.1, 0.15) is 11.9 Å². The number of rotatable bonds is 2. The third-order valence-electron chi connectivity index (χ3n) is 3.61. The number of aliphatic hydroxyl groups is 1. The lowest BCUT2D eigenvalue weighted by Gasteiger charge is -2.23. The molecule has 0 saturated carbocycles. The predicted molar refractivity (Wildman–Crippen MR) is 75.1 cm³/mol. The minimum absolute atomic E-state index is 0.219. The molecule has 19 heavy (non-hydrogen) atoms. The van der Waals surface area contributed by atoms with Crippen LogP contribution in [-0.4, -0.2) is 29.3 Å². The molecule has 0 aliphatic carbocycles. The smallest absolute Gasteiger partial charge is 0.146 e. The first-order valence-corrected chi connectivity index (χ1v) is 6.96. The number of nitrogens with zero attached hydrogens (tertiary/aromatic N) is 3. The van der Waals surface area contributed by atoms with E-state index in [0.717, 1.165) is 43.9 Å². The minimum atomic E-state index is -0.219. The zero-order valence-corrected chi connectivity index (χ0v) is 11.6. The van der Waals surface area contributed by atoms with Gasteiger partial charge in [0.2, 0.25) is 0 Å². The highest BCUT2D eigenvalue weighted by Crippen LogP contribution is 2.24. The van der Waals surface area contributed by atoms with Crippen LogP contribution in [0.25, 0.3) is 0 Å². The number of pyridine rings is 1. The molecule has 1 aromatic heterocycles. The summed E-state index contributed by atoms with van der Waals surface area (Å²) < 4.78 is 0. The molecule has 0 amide bonds. The summed E-state index contributed by atoms with van der Waals surface area (Å²) >= 11 is 0. The van der Waals surface area contributed by atoms with E-state index in [0.29, 0.717) is 11.5 Å². The number of aromatic nitrogens is 1. The topological polar surface area (TPSA) is 60.2 Å². The molecular weight excluding hydrogens is 238 g/mol. The molecule has 0 bridgehead atoms. The van der Waals surface area contributed by atoms with Crippen molar-refractivity contribution < 1.29 is 5.11 Å². The zero-order chi connectivity index (χ0) is 13.8. The molecule has 102 valence electrons. The second-order valence-corrected chi connectivity index (χ2v) is 5.45. The fourth-order valence-corrected chi connectivity index (χ4v) is 2.40. The molecule has 4 heteroatoms. The van der Waals surface area contributed by atoms with Crippen LogP contribution < -0.4 is 4.90 Å². The van der Waals surface area contributed by atoms with Gasteiger partial charge in [-0.15, -0.1) is 0 Å². The summed E-state index contributed by atoms with van der Waals surface area (Å²) in [5, 5.41) is 18.9. The molecule has 0 radical (unpaired) electrons. The first kappa shape index (κ1) is 13.8. The van der Waals surface area contributed by atoms with Crippen molar-refractivity contribution in [2.24, 2.45) is 0 Å². The fourth-order valence-electron chi connectivity index (χ4n) is 2.40. The summed E-state index contributed by atoms with van der Waals surface area (Å²) in [7, 11) is 0. The zero-order valence-electron chi connectivity index (χ0n) is 11.6. The molecule has 1 N–H and O–H groups in total. The highest BCUT2D eigenvalue weighted by atomic mass is 16.3. The highest BCUT2D eigenvalue weighted by molar-refractivity contribution is 5.54. The molecule has 1 aliphatic heterocycles. The SMILES string of the molecule is CC(C)c1ccc(C#N)c(N2CCCC(O)CC2)n1. The number of hydrogen-bond donors (Lipinski definition) is 1. The van der Waals surface area contributed by atoms with E-state index in [9.17, 15) is 10.4 Å². The Morgan fingerprint density at radius 2 is 2.16 bits per heavy atom. The Hall–Kier alpha value is -1.60. The molecule has 2 rings (SSSR count). The van der Waals surface area contributed by atoms with Crippen molar-refractivity contribution in [1.29, 1.82) is 5.26 Å². The van der Waals surface area contributed by atoms with Crippen LogP contribution in [-0.2, 0) is 0 Å². The summed E-state index contributed by atoms with van der Waals surface area (Å²) in [6.45, 7) is 5.83. The average Bonchev–Trinajstić information content (AvgIpc) is 2.62. The van der Waals surface area contributed by atoms with Crippen molar-refractivity contribution in [3.63, 3.8) is 0 Å². The van der Waals surface area contributed by atoms with Crippen LogP contribution >= 0.6 is 0 Å². The van der Waals surface area contributed by atoms with Crippen LogP contribution in [0, 0.1) is 11.3 Å². The first-order valence-electron chi connectivity index (χ1n) is 6.96. The van der Waals surface area contributed by atoms with E-state index < -0.39 is 0 Å². The molecule has 1 saturated heterocycles. The van der Waals surface area contributed by atoms with E-state index in [1.54, 1.807) is 0 Å². The molecular formula is C15H21N3O. The lowest BCUT2D eigenvalue weighted by atomic mass is 10.1. The van der Waals surface area contributed by atoms with Gasteiger partial charge in [0, 0.05) is 18.8 Å². The molecule has 1 atom stereocenters. The normalized spacial score (nSPS) is 20.2. The maximum absolute atomic E-state index is 9.71. The van der Waals surface area contributed by atoms with Crippen molar-refractivity contribution in [2.75, 3.05) is 18.0 Å². The third-order valence-corrected chi connectivity index (χ3v) is 3.61. The van der Waals surface area contributed by atoms with E-state index >= 15 is 0 Å². The van der Waals surface area contributed by atoms with Gasteiger partial charge < -0.3 is 10.0 Å². The molecule has 1 aromatic rings. The summed E-state index contributed by atoms with van der Waals surface area (Å²) in [6, 6.07) is 6.01. The lowest BCUT2D eigenvalue weighted by molar-refractivity contribution is 0.161. The molecule has 1 unspecified atom stereocenters. The van der Waals surface area contributed by atoms with E-state index in [2.05, 4.69) is 29.8 Å². The molecule has 4 nitrogen and oxygen atoms in total. The Kier molecular flexibility index (Phi) is 4.39. The van der Waals surface area contributed by atoms with Crippen LogP contribution in [0.3, 0.4) is 0 Å². The number of hydrogen-bond acceptors (Lipinski definition) is 4. The highest BCUT2D eigenvalue weighted by Gasteiger charge is 2.19. The quantitative estimate of drug-likeness (QED) is 0.886. The van der Waals surface area contributed by atoms with Crippen molar-refractivity contribution in [3.8, 4) is 6.07 Å². The number of nitriles is 1. The van der Waals surface area contributed by atoms with E-state index in [1.807, 2.05) is 12.1 Å². The van der Waals surface area contributed by atoms with Gasteiger partial charge >= 0.3 is 0 Å². The maximum Gasteiger partial charge on any atom is 0.146 e. The Balaban J connectivity index is 2.31. The monoisotopic (exact) mass is 259 g/mol. The van der Waals surface area contributed by atoms with Gasteiger partial charge in [-0.25, -0.2) is 4.98 Å². The largest absolute Gasteiger partial charge is 0.393 e. The van der Waals surface area contributed by atoms with Crippen molar-refractivity contribution in [3.05, 3.63) is 23.4 Å². The van der Waals surface area contributed by atoms with Crippen LogP contribution in [0.1, 0.15) is 50.3 Å². The van der Waals surface area contributed by atoms with Gasteiger partial charge in [0.05, 0.1) is 11.7 Å². The summed E-state index contributed by atoms with van der Waals surface area (Å²) in [6.07, 6.45) is 2.31. The van der Waals surface area contributed by atoms with Crippen LogP contribution in [0.15, 0.2) is 12.1 Å². The summed E-state index contributed by atoms with van der Waals surface area (Å²) in [5.41, 5.74) is 1.64. The molecule has 0 spiro atoms. The van der Waals surface area contributed by atoms with Crippen molar-refractivity contribution in [2.45, 2.75) is 45.1 Å². The second-order valence-electron chi connectivity index (χ2n) is 5.45. The van der Waals surface area contributed by atoms with Crippen LogP contribution in [0.4, 0.5) is 5.82 Å².